The van der Waals surface area contributed by atoms with Gasteiger partial charge < -0.3 is 10.1 Å². The number of nitrogens with one attached hydrogen (secondary N) is 2. The molecule has 6 nitrogen and oxygen atoms in total. The Balaban J connectivity index is 1.97. The number of hydrogen-bond acceptors (Lipinski definition) is 4. The fourth-order valence-electron chi connectivity index (χ4n) is 1.77. The van der Waals surface area contributed by atoms with E-state index in [1.165, 1.54) is 19.4 Å². The van der Waals surface area contributed by atoms with Crippen molar-refractivity contribution >= 4 is 46.9 Å². The molecule has 0 heterocycles. The van der Waals surface area contributed by atoms with Crippen molar-refractivity contribution in [3.8, 4) is 5.75 Å². The third kappa shape index (κ3) is 4.97. The van der Waals surface area contributed by atoms with E-state index < -0.39 is 11.8 Å². The molecule has 0 aliphatic carbocycles. The van der Waals surface area contributed by atoms with Crippen LogP contribution in [0.2, 0.25) is 10.0 Å². The average Bonchev–Trinajstić information content (AvgIpc) is 2.55. The summed E-state index contributed by atoms with van der Waals surface area (Å²) in [5.74, 6) is -1.26. The monoisotopic (exact) mass is 365 g/mol. The first-order valence-corrected chi connectivity index (χ1v) is 7.48. The molecule has 2 amide bonds. The number of amides is 2. The number of carbonyl (C=O) groups excluding carboxylic acids is 2. The number of hydrogen-bond donors (Lipinski definition) is 2. The van der Waals surface area contributed by atoms with Gasteiger partial charge in [0.05, 0.1) is 13.3 Å². The Hall–Kier alpha value is -2.57. The molecule has 24 heavy (non-hydrogen) atoms. The third-order valence-corrected chi connectivity index (χ3v) is 3.32. The molecule has 2 N–H and O–H groups in total. The highest BCUT2D eigenvalue weighted by Crippen LogP contribution is 2.20. The first-order chi connectivity index (χ1) is 11.5. The van der Waals surface area contributed by atoms with Crippen LogP contribution < -0.4 is 15.5 Å². The summed E-state index contributed by atoms with van der Waals surface area (Å²) in [7, 11) is 1.50. The van der Waals surface area contributed by atoms with Crippen molar-refractivity contribution in [1.82, 2.24) is 5.43 Å². The zero-order chi connectivity index (χ0) is 17.5. The number of methoxy groups -OCH3 is 1. The molecule has 0 saturated carbocycles. The minimum atomic E-state index is -0.924. The SMILES string of the molecule is COc1ccc(Cl)cc1/C=N\NC(=O)C(=O)Nc1cccc(Cl)c1. The molecule has 2 rings (SSSR count). The Morgan fingerprint density at radius 3 is 2.54 bits per heavy atom. The van der Waals surface area contributed by atoms with E-state index in [-0.39, 0.29) is 0 Å². The summed E-state index contributed by atoms with van der Waals surface area (Å²) >= 11 is 11.7. The van der Waals surface area contributed by atoms with E-state index in [0.29, 0.717) is 27.0 Å². The van der Waals surface area contributed by atoms with Crippen LogP contribution in [-0.2, 0) is 9.59 Å². The van der Waals surface area contributed by atoms with Crippen LogP contribution in [0.1, 0.15) is 5.56 Å². The molecule has 0 atom stereocenters. The zero-order valence-corrected chi connectivity index (χ0v) is 14.1. The first kappa shape index (κ1) is 17.8. The number of benzene rings is 2. The number of ether oxygens (including phenoxy) is 1. The molecule has 0 saturated heterocycles. The van der Waals surface area contributed by atoms with Crippen LogP contribution in [0, 0.1) is 0 Å². The highest BCUT2D eigenvalue weighted by molar-refractivity contribution is 6.39. The van der Waals surface area contributed by atoms with Gasteiger partial charge in [0, 0.05) is 21.3 Å². The van der Waals surface area contributed by atoms with Gasteiger partial charge in [-0.25, -0.2) is 5.43 Å². The second kappa shape index (κ2) is 8.33. The molecule has 0 aliphatic rings. The molecule has 2 aromatic carbocycles. The van der Waals surface area contributed by atoms with Crippen LogP contribution in [0.4, 0.5) is 5.69 Å². The van der Waals surface area contributed by atoms with Crippen molar-refractivity contribution in [2.75, 3.05) is 12.4 Å². The third-order valence-electron chi connectivity index (χ3n) is 2.85. The van der Waals surface area contributed by atoms with Crippen LogP contribution in [0.5, 0.6) is 5.75 Å². The lowest BCUT2D eigenvalue weighted by Gasteiger charge is -2.05. The van der Waals surface area contributed by atoms with Crippen molar-refractivity contribution in [2.24, 2.45) is 5.10 Å². The fourth-order valence-corrected chi connectivity index (χ4v) is 2.14. The topological polar surface area (TPSA) is 79.8 Å². The number of halogens is 2. The summed E-state index contributed by atoms with van der Waals surface area (Å²) < 4.78 is 5.14. The van der Waals surface area contributed by atoms with E-state index in [2.05, 4.69) is 15.8 Å². The first-order valence-electron chi connectivity index (χ1n) is 6.73. The summed E-state index contributed by atoms with van der Waals surface area (Å²) in [5.41, 5.74) is 3.09. The average molecular weight is 366 g/mol. The highest BCUT2D eigenvalue weighted by atomic mass is 35.5. The van der Waals surface area contributed by atoms with Crippen molar-refractivity contribution in [2.45, 2.75) is 0 Å². The molecule has 2 aromatic rings. The molecule has 0 aliphatic heterocycles. The van der Waals surface area contributed by atoms with Crippen molar-refractivity contribution in [1.29, 1.82) is 0 Å². The van der Waals surface area contributed by atoms with Gasteiger partial charge in [0.2, 0.25) is 0 Å². The van der Waals surface area contributed by atoms with Crippen LogP contribution in [-0.4, -0.2) is 25.1 Å². The van der Waals surface area contributed by atoms with Gasteiger partial charge in [-0.3, -0.25) is 9.59 Å². The number of carbonyl (C=O) groups is 2. The van der Waals surface area contributed by atoms with E-state index in [1.54, 1.807) is 36.4 Å². The van der Waals surface area contributed by atoms with Crippen LogP contribution in [0.25, 0.3) is 0 Å². The predicted molar refractivity (Wildman–Crippen MR) is 93.8 cm³/mol. The predicted octanol–water partition coefficient (Wildman–Crippen LogP) is 3.09. The minimum absolute atomic E-state index is 0.406. The van der Waals surface area contributed by atoms with E-state index in [1.807, 2.05) is 0 Å². The quantitative estimate of drug-likeness (QED) is 0.496. The Kier molecular flexibility index (Phi) is 6.17. The number of anilines is 1. The number of nitrogens with zero attached hydrogens (tertiary/aromatic N) is 1. The largest absolute Gasteiger partial charge is 0.496 e. The highest BCUT2D eigenvalue weighted by Gasteiger charge is 2.13. The minimum Gasteiger partial charge on any atom is -0.496 e. The number of rotatable bonds is 4. The fraction of sp³-hybridized carbons (Fsp3) is 0.0625. The van der Waals surface area contributed by atoms with Crippen LogP contribution >= 0.6 is 23.2 Å². The lowest BCUT2D eigenvalue weighted by atomic mass is 10.2. The van der Waals surface area contributed by atoms with E-state index >= 15 is 0 Å². The van der Waals surface area contributed by atoms with E-state index in [4.69, 9.17) is 27.9 Å². The Morgan fingerprint density at radius 2 is 1.83 bits per heavy atom. The smallest absolute Gasteiger partial charge is 0.329 e. The molecule has 0 unspecified atom stereocenters. The Labute approximate surface area is 148 Å². The van der Waals surface area contributed by atoms with Crippen molar-refractivity contribution in [3.05, 3.63) is 58.1 Å². The van der Waals surface area contributed by atoms with Gasteiger partial charge in [0.15, 0.2) is 0 Å². The molecule has 0 aromatic heterocycles. The molecule has 124 valence electrons. The van der Waals surface area contributed by atoms with E-state index in [9.17, 15) is 9.59 Å². The van der Waals surface area contributed by atoms with Gasteiger partial charge in [0.1, 0.15) is 5.75 Å². The summed E-state index contributed by atoms with van der Waals surface area (Å²) in [4.78, 5) is 23.5. The van der Waals surface area contributed by atoms with Gasteiger partial charge in [-0.2, -0.15) is 5.10 Å². The molecular weight excluding hydrogens is 353 g/mol. The molecule has 8 heteroatoms. The normalized spacial score (nSPS) is 10.5. The van der Waals surface area contributed by atoms with Gasteiger partial charge in [-0.15, -0.1) is 0 Å². The van der Waals surface area contributed by atoms with Crippen LogP contribution in [0.3, 0.4) is 0 Å². The molecule has 0 bridgehead atoms. The molecule has 0 spiro atoms. The maximum atomic E-state index is 11.8. The second-order valence-corrected chi connectivity index (χ2v) is 5.42. The summed E-state index contributed by atoms with van der Waals surface area (Å²) in [5, 5.41) is 7.06. The van der Waals surface area contributed by atoms with Crippen molar-refractivity contribution in [3.63, 3.8) is 0 Å². The molecular formula is C16H13Cl2N3O3. The maximum absolute atomic E-state index is 11.8. The summed E-state index contributed by atoms with van der Waals surface area (Å²) in [6.07, 6.45) is 1.33. The zero-order valence-electron chi connectivity index (χ0n) is 12.5. The van der Waals surface area contributed by atoms with Gasteiger partial charge in [-0.1, -0.05) is 29.3 Å². The molecule has 0 fully saturated rings. The Morgan fingerprint density at radius 1 is 1.08 bits per heavy atom. The van der Waals surface area contributed by atoms with Gasteiger partial charge >= 0.3 is 11.8 Å². The Bertz CT molecular complexity index is 794. The lowest BCUT2D eigenvalue weighted by Crippen LogP contribution is -2.32. The van der Waals surface area contributed by atoms with Gasteiger partial charge in [0.25, 0.3) is 0 Å². The second-order valence-electron chi connectivity index (χ2n) is 4.55. The van der Waals surface area contributed by atoms with Crippen LogP contribution in [0.15, 0.2) is 47.6 Å². The number of hydrazone groups is 1. The van der Waals surface area contributed by atoms with Gasteiger partial charge in [-0.05, 0) is 36.4 Å². The maximum Gasteiger partial charge on any atom is 0.329 e. The summed E-state index contributed by atoms with van der Waals surface area (Å²) in [6.45, 7) is 0. The van der Waals surface area contributed by atoms with E-state index in [0.717, 1.165) is 0 Å². The summed E-state index contributed by atoms with van der Waals surface area (Å²) in [6, 6.07) is 11.4. The lowest BCUT2D eigenvalue weighted by molar-refractivity contribution is -0.136. The molecule has 0 radical (unpaired) electrons. The van der Waals surface area contributed by atoms with Crippen molar-refractivity contribution < 1.29 is 14.3 Å². The standard InChI is InChI=1S/C16H13Cl2N3O3/c1-24-14-6-5-12(18)7-10(14)9-19-21-16(23)15(22)20-13-4-2-3-11(17)8-13/h2-9H,1H3,(H,20,22)(H,21,23)/b19-9-.